The van der Waals surface area contributed by atoms with Crippen LogP contribution in [-0.4, -0.2) is 6.61 Å². The fourth-order valence-electron chi connectivity index (χ4n) is 1.58. The SMILES string of the molecule is Cc1cc(C(C)N)ccc1OCCC(C)(C)C. The van der Waals surface area contributed by atoms with Crippen LogP contribution in [0.1, 0.15) is 51.3 Å². The van der Waals surface area contributed by atoms with Gasteiger partial charge in [0.2, 0.25) is 0 Å². The molecule has 1 rings (SSSR count). The van der Waals surface area contributed by atoms with Gasteiger partial charge in [-0.3, -0.25) is 0 Å². The van der Waals surface area contributed by atoms with Crippen molar-refractivity contribution in [2.75, 3.05) is 6.61 Å². The van der Waals surface area contributed by atoms with E-state index in [0.29, 0.717) is 5.41 Å². The minimum atomic E-state index is 0.0809. The van der Waals surface area contributed by atoms with Gasteiger partial charge in [0, 0.05) is 6.04 Å². The summed E-state index contributed by atoms with van der Waals surface area (Å²) in [6.45, 7) is 11.5. The molecule has 1 aromatic carbocycles. The molecule has 0 fully saturated rings. The minimum absolute atomic E-state index is 0.0809. The molecule has 0 bridgehead atoms. The first kappa shape index (κ1) is 14.0. The molecule has 1 atom stereocenters. The van der Waals surface area contributed by atoms with Crippen molar-refractivity contribution in [2.24, 2.45) is 11.1 Å². The molecule has 0 aliphatic carbocycles. The molecule has 2 nitrogen and oxygen atoms in total. The number of benzene rings is 1. The van der Waals surface area contributed by atoms with Crippen molar-refractivity contribution < 1.29 is 4.74 Å². The summed E-state index contributed by atoms with van der Waals surface area (Å²) in [7, 11) is 0. The molecule has 1 aromatic rings. The predicted molar refractivity (Wildman–Crippen MR) is 73.3 cm³/mol. The van der Waals surface area contributed by atoms with Crippen molar-refractivity contribution in [1.29, 1.82) is 0 Å². The zero-order valence-corrected chi connectivity index (χ0v) is 11.7. The molecule has 0 heterocycles. The molecule has 0 aliphatic rings. The third-order valence-electron chi connectivity index (χ3n) is 2.83. The maximum Gasteiger partial charge on any atom is 0.122 e. The van der Waals surface area contributed by atoms with Crippen LogP contribution in [0.2, 0.25) is 0 Å². The van der Waals surface area contributed by atoms with E-state index in [1.54, 1.807) is 0 Å². The van der Waals surface area contributed by atoms with Crippen LogP contribution in [0.25, 0.3) is 0 Å². The van der Waals surface area contributed by atoms with E-state index in [4.69, 9.17) is 10.5 Å². The summed E-state index contributed by atoms with van der Waals surface area (Å²) in [5.41, 5.74) is 8.49. The van der Waals surface area contributed by atoms with Gasteiger partial charge >= 0.3 is 0 Å². The zero-order chi connectivity index (χ0) is 13.1. The first-order valence-corrected chi connectivity index (χ1v) is 6.28. The molecule has 0 saturated carbocycles. The molecule has 0 aliphatic heterocycles. The minimum Gasteiger partial charge on any atom is -0.493 e. The highest BCUT2D eigenvalue weighted by molar-refractivity contribution is 5.37. The summed E-state index contributed by atoms with van der Waals surface area (Å²) >= 11 is 0. The van der Waals surface area contributed by atoms with Crippen LogP contribution < -0.4 is 10.5 Å². The van der Waals surface area contributed by atoms with Crippen molar-refractivity contribution in [3.8, 4) is 5.75 Å². The van der Waals surface area contributed by atoms with Gasteiger partial charge in [0.15, 0.2) is 0 Å². The van der Waals surface area contributed by atoms with E-state index in [0.717, 1.165) is 29.9 Å². The van der Waals surface area contributed by atoms with Gasteiger partial charge < -0.3 is 10.5 Å². The largest absolute Gasteiger partial charge is 0.493 e. The lowest BCUT2D eigenvalue weighted by molar-refractivity contribution is 0.242. The van der Waals surface area contributed by atoms with E-state index in [1.807, 2.05) is 19.1 Å². The summed E-state index contributed by atoms with van der Waals surface area (Å²) in [4.78, 5) is 0. The highest BCUT2D eigenvalue weighted by Gasteiger charge is 2.10. The molecule has 96 valence electrons. The van der Waals surface area contributed by atoms with Crippen molar-refractivity contribution in [3.63, 3.8) is 0 Å². The number of ether oxygens (including phenoxy) is 1. The Morgan fingerprint density at radius 3 is 2.41 bits per heavy atom. The predicted octanol–water partition coefficient (Wildman–Crippen LogP) is 3.83. The summed E-state index contributed by atoms with van der Waals surface area (Å²) in [5.74, 6) is 0.971. The van der Waals surface area contributed by atoms with Crippen LogP contribution in [-0.2, 0) is 0 Å². The van der Waals surface area contributed by atoms with Gasteiger partial charge in [0.1, 0.15) is 5.75 Å². The fourth-order valence-corrected chi connectivity index (χ4v) is 1.58. The molecule has 0 saturated heterocycles. The Labute approximate surface area is 105 Å². The van der Waals surface area contributed by atoms with Crippen LogP contribution in [0.5, 0.6) is 5.75 Å². The van der Waals surface area contributed by atoms with Crippen molar-refractivity contribution in [2.45, 2.75) is 47.1 Å². The van der Waals surface area contributed by atoms with Gasteiger partial charge in [0.25, 0.3) is 0 Å². The monoisotopic (exact) mass is 235 g/mol. The normalized spacial score (nSPS) is 13.5. The Hall–Kier alpha value is -1.02. The quantitative estimate of drug-likeness (QED) is 0.860. The number of aryl methyl sites for hydroxylation is 1. The molecular formula is C15H25NO. The molecule has 0 aromatic heterocycles. The smallest absolute Gasteiger partial charge is 0.122 e. The Morgan fingerprint density at radius 2 is 1.94 bits per heavy atom. The third-order valence-corrected chi connectivity index (χ3v) is 2.83. The first-order chi connectivity index (χ1) is 7.79. The van der Waals surface area contributed by atoms with Gasteiger partial charge in [-0.1, -0.05) is 32.9 Å². The van der Waals surface area contributed by atoms with Gasteiger partial charge in [-0.15, -0.1) is 0 Å². The fraction of sp³-hybridized carbons (Fsp3) is 0.600. The molecule has 2 heteroatoms. The summed E-state index contributed by atoms with van der Waals surface area (Å²) in [5, 5.41) is 0. The van der Waals surface area contributed by atoms with Crippen molar-refractivity contribution in [1.82, 2.24) is 0 Å². The molecule has 0 amide bonds. The maximum absolute atomic E-state index is 5.85. The van der Waals surface area contributed by atoms with Crippen LogP contribution in [0.15, 0.2) is 18.2 Å². The molecule has 0 radical (unpaired) electrons. The van der Waals surface area contributed by atoms with Crippen LogP contribution in [0.3, 0.4) is 0 Å². The summed E-state index contributed by atoms with van der Waals surface area (Å²) in [6, 6.07) is 6.26. The topological polar surface area (TPSA) is 35.2 Å². The van der Waals surface area contributed by atoms with E-state index >= 15 is 0 Å². The lowest BCUT2D eigenvalue weighted by Gasteiger charge is -2.19. The second-order valence-corrected chi connectivity index (χ2v) is 5.97. The van der Waals surface area contributed by atoms with E-state index in [1.165, 1.54) is 0 Å². The van der Waals surface area contributed by atoms with Crippen molar-refractivity contribution >= 4 is 0 Å². The van der Waals surface area contributed by atoms with E-state index in [-0.39, 0.29) is 6.04 Å². The average Bonchev–Trinajstić information content (AvgIpc) is 2.18. The summed E-state index contributed by atoms with van der Waals surface area (Å²) in [6.07, 6.45) is 1.06. The zero-order valence-electron chi connectivity index (χ0n) is 11.7. The number of hydrogen-bond donors (Lipinski definition) is 1. The Bertz CT molecular complexity index is 364. The van der Waals surface area contributed by atoms with Gasteiger partial charge in [0.05, 0.1) is 6.61 Å². The third kappa shape index (κ3) is 4.78. The molecule has 17 heavy (non-hydrogen) atoms. The summed E-state index contributed by atoms with van der Waals surface area (Å²) < 4.78 is 5.81. The second kappa shape index (κ2) is 5.54. The van der Waals surface area contributed by atoms with E-state index in [2.05, 4.69) is 33.8 Å². The first-order valence-electron chi connectivity index (χ1n) is 6.28. The molecule has 0 spiro atoms. The molecular weight excluding hydrogens is 210 g/mol. The average molecular weight is 235 g/mol. The number of rotatable bonds is 4. The van der Waals surface area contributed by atoms with Crippen LogP contribution in [0, 0.1) is 12.3 Å². The van der Waals surface area contributed by atoms with Crippen LogP contribution in [0.4, 0.5) is 0 Å². The standard InChI is InChI=1S/C15H25NO/c1-11-10-13(12(2)16)6-7-14(11)17-9-8-15(3,4)5/h6-7,10,12H,8-9,16H2,1-5H3. The lowest BCUT2D eigenvalue weighted by atomic mass is 9.93. The second-order valence-electron chi connectivity index (χ2n) is 5.97. The molecule has 2 N–H and O–H groups in total. The Kier molecular flexibility index (Phi) is 4.58. The van der Waals surface area contributed by atoms with Gasteiger partial charge in [-0.25, -0.2) is 0 Å². The molecule has 1 unspecified atom stereocenters. The Morgan fingerprint density at radius 1 is 1.29 bits per heavy atom. The highest BCUT2D eigenvalue weighted by Crippen LogP contribution is 2.24. The van der Waals surface area contributed by atoms with E-state index in [9.17, 15) is 0 Å². The van der Waals surface area contributed by atoms with Crippen molar-refractivity contribution in [3.05, 3.63) is 29.3 Å². The Balaban J connectivity index is 2.61. The van der Waals surface area contributed by atoms with Gasteiger partial charge in [-0.2, -0.15) is 0 Å². The number of hydrogen-bond acceptors (Lipinski definition) is 2. The van der Waals surface area contributed by atoms with Crippen LogP contribution >= 0.6 is 0 Å². The maximum atomic E-state index is 5.85. The van der Waals surface area contributed by atoms with E-state index < -0.39 is 0 Å². The lowest BCUT2D eigenvalue weighted by Crippen LogP contribution is -2.11. The highest BCUT2D eigenvalue weighted by atomic mass is 16.5. The van der Waals surface area contributed by atoms with Gasteiger partial charge in [-0.05, 0) is 42.9 Å². The number of nitrogens with two attached hydrogens (primary N) is 1.